The van der Waals surface area contributed by atoms with E-state index in [4.69, 9.17) is 16.3 Å². The second-order valence-electron chi connectivity index (χ2n) is 2.82. The van der Waals surface area contributed by atoms with Crippen molar-refractivity contribution in [3.8, 4) is 0 Å². The van der Waals surface area contributed by atoms with Crippen molar-refractivity contribution in [3.05, 3.63) is 22.7 Å². The van der Waals surface area contributed by atoms with Gasteiger partial charge in [0.15, 0.2) is 0 Å². The Bertz CT molecular complexity index is 369. The Morgan fingerprint density at radius 3 is 3.08 bits per heavy atom. The van der Waals surface area contributed by atoms with Crippen molar-refractivity contribution in [3.63, 3.8) is 0 Å². The lowest BCUT2D eigenvalue weighted by molar-refractivity contribution is 0.275. The molecule has 2 rings (SSSR count). The van der Waals surface area contributed by atoms with E-state index in [1.165, 1.54) is 0 Å². The SMILES string of the molecule is C=Nc1cc2c(cc1Cl)COB2O. The van der Waals surface area contributed by atoms with Crippen LogP contribution in [0.25, 0.3) is 0 Å². The molecular weight excluding hydrogens is 188 g/mol. The number of aliphatic imine (C=N–C) groups is 1. The lowest BCUT2D eigenvalue weighted by Crippen LogP contribution is -2.27. The van der Waals surface area contributed by atoms with Crippen LogP contribution in [-0.4, -0.2) is 18.9 Å². The number of fused-ring (bicyclic) bond motifs is 1. The van der Waals surface area contributed by atoms with Crippen molar-refractivity contribution in [2.24, 2.45) is 4.99 Å². The lowest BCUT2D eigenvalue weighted by Gasteiger charge is -2.01. The fraction of sp³-hybridized carbons (Fsp3) is 0.125. The van der Waals surface area contributed by atoms with Crippen LogP contribution >= 0.6 is 11.6 Å². The first-order valence-corrected chi connectivity index (χ1v) is 4.19. The molecule has 1 aliphatic heterocycles. The first kappa shape index (κ1) is 8.75. The minimum absolute atomic E-state index is 0.396. The van der Waals surface area contributed by atoms with Crippen molar-refractivity contribution in [2.45, 2.75) is 6.61 Å². The molecule has 0 atom stereocenters. The number of rotatable bonds is 1. The Hall–Kier alpha value is -0.835. The summed E-state index contributed by atoms with van der Waals surface area (Å²) in [5, 5.41) is 9.90. The standard InChI is InChI=1S/C8H7BClNO2/c1-11-8-3-6-5(2-7(8)10)4-13-9(6)12/h2-3,12H,1,4H2. The Labute approximate surface area is 81.2 Å². The number of hydrogen-bond acceptors (Lipinski definition) is 3. The summed E-state index contributed by atoms with van der Waals surface area (Å²) in [6, 6.07) is 3.44. The van der Waals surface area contributed by atoms with Crippen LogP contribution in [0.15, 0.2) is 17.1 Å². The molecule has 0 aromatic heterocycles. The Balaban J connectivity index is 2.57. The molecule has 0 saturated carbocycles. The maximum absolute atomic E-state index is 9.36. The predicted octanol–water partition coefficient (Wildman–Crippen LogP) is 0.890. The first-order chi connectivity index (χ1) is 6.22. The smallest absolute Gasteiger partial charge is 0.423 e. The van der Waals surface area contributed by atoms with Gasteiger partial charge in [0.25, 0.3) is 0 Å². The van der Waals surface area contributed by atoms with Crippen LogP contribution < -0.4 is 5.46 Å². The van der Waals surface area contributed by atoms with Crippen molar-refractivity contribution in [1.82, 2.24) is 0 Å². The normalized spacial score (nSPS) is 14.5. The van der Waals surface area contributed by atoms with Gasteiger partial charge >= 0.3 is 7.12 Å². The van der Waals surface area contributed by atoms with Gasteiger partial charge in [0.2, 0.25) is 0 Å². The molecule has 1 heterocycles. The molecule has 1 aliphatic rings. The molecule has 0 saturated heterocycles. The molecule has 1 aromatic carbocycles. The van der Waals surface area contributed by atoms with Gasteiger partial charge in [-0.25, -0.2) is 0 Å². The number of halogens is 1. The van der Waals surface area contributed by atoms with Crippen LogP contribution in [0.4, 0.5) is 5.69 Å². The molecule has 0 bridgehead atoms. The van der Waals surface area contributed by atoms with Gasteiger partial charge in [-0.3, -0.25) is 4.99 Å². The van der Waals surface area contributed by atoms with Gasteiger partial charge in [-0.05, 0) is 29.9 Å². The molecule has 0 fully saturated rings. The lowest BCUT2D eigenvalue weighted by atomic mass is 9.79. The van der Waals surface area contributed by atoms with Crippen molar-refractivity contribution in [1.29, 1.82) is 0 Å². The van der Waals surface area contributed by atoms with Crippen LogP contribution in [0.3, 0.4) is 0 Å². The zero-order valence-corrected chi connectivity index (χ0v) is 7.58. The summed E-state index contributed by atoms with van der Waals surface area (Å²) in [7, 11) is -0.854. The second-order valence-corrected chi connectivity index (χ2v) is 3.23. The third-order valence-corrected chi connectivity index (χ3v) is 2.34. The Kier molecular flexibility index (Phi) is 2.11. The van der Waals surface area contributed by atoms with Crippen LogP contribution in [0.1, 0.15) is 5.56 Å². The summed E-state index contributed by atoms with van der Waals surface area (Å²) >= 11 is 5.88. The fourth-order valence-corrected chi connectivity index (χ4v) is 1.60. The molecular formula is C8H7BClNO2. The van der Waals surface area contributed by atoms with Crippen molar-refractivity contribution >= 4 is 36.6 Å². The summed E-state index contributed by atoms with van der Waals surface area (Å²) in [4.78, 5) is 3.73. The summed E-state index contributed by atoms with van der Waals surface area (Å²) in [5.74, 6) is 0. The maximum atomic E-state index is 9.36. The van der Waals surface area contributed by atoms with Crippen LogP contribution in [0, 0.1) is 0 Å². The highest BCUT2D eigenvalue weighted by Gasteiger charge is 2.28. The van der Waals surface area contributed by atoms with Crippen LogP contribution in [0.5, 0.6) is 0 Å². The van der Waals surface area contributed by atoms with E-state index in [1.807, 2.05) is 0 Å². The monoisotopic (exact) mass is 195 g/mol. The van der Waals surface area contributed by atoms with Crippen molar-refractivity contribution < 1.29 is 9.68 Å². The average molecular weight is 195 g/mol. The molecule has 1 aromatic rings. The number of benzene rings is 1. The first-order valence-electron chi connectivity index (χ1n) is 3.81. The van der Waals surface area contributed by atoms with E-state index in [9.17, 15) is 5.02 Å². The van der Waals surface area contributed by atoms with E-state index in [0.29, 0.717) is 17.3 Å². The quantitative estimate of drug-likeness (QED) is 0.534. The summed E-state index contributed by atoms with van der Waals surface area (Å²) < 4.78 is 5.01. The van der Waals surface area contributed by atoms with Gasteiger partial charge in [-0.2, -0.15) is 0 Å². The third kappa shape index (κ3) is 1.37. The van der Waals surface area contributed by atoms with Gasteiger partial charge in [-0.1, -0.05) is 11.6 Å². The Morgan fingerprint density at radius 1 is 1.62 bits per heavy atom. The van der Waals surface area contributed by atoms with E-state index >= 15 is 0 Å². The molecule has 0 radical (unpaired) electrons. The third-order valence-electron chi connectivity index (χ3n) is 2.04. The number of nitrogens with zero attached hydrogens (tertiary/aromatic N) is 1. The highest BCUT2D eigenvalue weighted by Crippen LogP contribution is 2.26. The minimum atomic E-state index is -0.854. The summed E-state index contributed by atoms with van der Waals surface area (Å²) in [6.07, 6.45) is 0. The van der Waals surface area contributed by atoms with Gasteiger partial charge in [-0.15, -0.1) is 0 Å². The molecule has 0 spiro atoms. The summed E-state index contributed by atoms with van der Waals surface area (Å²) in [5.41, 5.74) is 2.21. The molecule has 0 aliphatic carbocycles. The van der Waals surface area contributed by atoms with Gasteiger partial charge in [0.1, 0.15) is 0 Å². The van der Waals surface area contributed by atoms with E-state index in [1.54, 1.807) is 12.1 Å². The van der Waals surface area contributed by atoms with Gasteiger partial charge in [0, 0.05) is 0 Å². The Morgan fingerprint density at radius 2 is 2.38 bits per heavy atom. The topological polar surface area (TPSA) is 41.8 Å². The largest absolute Gasteiger partial charge is 0.491 e. The zero-order chi connectivity index (χ0) is 9.42. The molecule has 13 heavy (non-hydrogen) atoms. The maximum Gasteiger partial charge on any atom is 0.491 e. The molecule has 0 amide bonds. The second kappa shape index (κ2) is 3.14. The molecule has 5 heteroatoms. The van der Waals surface area contributed by atoms with E-state index in [0.717, 1.165) is 11.0 Å². The average Bonchev–Trinajstić information content (AvgIpc) is 2.46. The highest BCUT2D eigenvalue weighted by molar-refractivity contribution is 6.61. The number of hydrogen-bond donors (Lipinski definition) is 1. The fourth-order valence-electron chi connectivity index (χ4n) is 1.35. The molecule has 66 valence electrons. The molecule has 0 unspecified atom stereocenters. The predicted molar refractivity (Wildman–Crippen MR) is 53.1 cm³/mol. The van der Waals surface area contributed by atoms with Crippen LogP contribution in [0.2, 0.25) is 5.02 Å². The van der Waals surface area contributed by atoms with Crippen molar-refractivity contribution in [2.75, 3.05) is 0 Å². The highest BCUT2D eigenvalue weighted by atomic mass is 35.5. The summed E-state index contributed by atoms with van der Waals surface area (Å²) in [6.45, 7) is 3.78. The molecule has 3 nitrogen and oxygen atoms in total. The van der Waals surface area contributed by atoms with E-state index in [-0.39, 0.29) is 0 Å². The van der Waals surface area contributed by atoms with E-state index < -0.39 is 7.12 Å². The minimum Gasteiger partial charge on any atom is -0.423 e. The zero-order valence-electron chi connectivity index (χ0n) is 6.83. The van der Waals surface area contributed by atoms with Crippen LogP contribution in [-0.2, 0) is 11.3 Å². The van der Waals surface area contributed by atoms with Gasteiger partial charge in [0.05, 0.1) is 17.3 Å². The van der Waals surface area contributed by atoms with Gasteiger partial charge < -0.3 is 9.68 Å². The molecule has 1 N–H and O–H groups in total. The van der Waals surface area contributed by atoms with E-state index in [2.05, 4.69) is 11.7 Å².